The smallest absolute Gasteiger partial charge is 0.254 e. The predicted molar refractivity (Wildman–Crippen MR) is 158 cm³/mol. The van der Waals surface area contributed by atoms with Crippen LogP contribution in [0.2, 0.25) is 10.0 Å². The Balaban J connectivity index is 1.33. The third-order valence-corrected chi connectivity index (χ3v) is 8.78. The molecular weight excluding hydrogens is 531 g/mol. The second-order valence-electron chi connectivity index (χ2n) is 10.6. The van der Waals surface area contributed by atoms with Crippen molar-refractivity contribution in [3.05, 3.63) is 64.1 Å². The second kappa shape index (κ2) is 12.2. The van der Waals surface area contributed by atoms with Crippen LogP contribution in [0.15, 0.2) is 48.5 Å². The summed E-state index contributed by atoms with van der Waals surface area (Å²) in [5.74, 6) is 0.338. The number of halogens is 2. The van der Waals surface area contributed by atoms with Gasteiger partial charge in [0.2, 0.25) is 5.91 Å². The molecule has 2 aliphatic rings. The summed E-state index contributed by atoms with van der Waals surface area (Å²) in [4.78, 5) is 38.1. The zero-order valence-corrected chi connectivity index (χ0v) is 24.2. The number of hydrogen-bond donors (Lipinski definition) is 0. The third kappa shape index (κ3) is 5.93. The highest BCUT2D eigenvalue weighted by molar-refractivity contribution is 6.38. The highest BCUT2D eigenvalue weighted by atomic mass is 35.5. The quantitative estimate of drug-likeness (QED) is 0.346. The Morgan fingerprint density at radius 1 is 0.974 bits per heavy atom. The SMILES string of the molecule is CCN(CC)C(=O)C1CCCN(C2CCN(C(=O)c3cc(-c4ccccc4)nc4c(Cl)cc(Cl)cc34)CC2)C1. The number of carbonyl (C=O) groups excluding carboxylic acids is 2. The zero-order chi connectivity index (χ0) is 27.5. The molecule has 206 valence electrons. The minimum atomic E-state index is -0.0235. The maximum absolute atomic E-state index is 13.9. The van der Waals surface area contributed by atoms with E-state index in [1.807, 2.05) is 60.0 Å². The Bertz CT molecular complexity index is 1340. The van der Waals surface area contributed by atoms with Gasteiger partial charge < -0.3 is 9.80 Å². The molecule has 3 aromatic rings. The van der Waals surface area contributed by atoms with Gasteiger partial charge in [-0.25, -0.2) is 4.98 Å². The van der Waals surface area contributed by atoms with Gasteiger partial charge in [-0.15, -0.1) is 0 Å². The number of piperidine rings is 2. The van der Waals surface area contributed by atoms with Gasteiger partial charge in [0.1, 0.15) is 0 Å². The number of amides is 2. The Labute approximate surface area is 240 Å². The van der Waals surface area contributed by atoms with Crippen molar-refractivity contribution >= 4 is 45.9 Å². The summed E-state index contributed by atoms with van der Waals surface area (Å²) in [5, 5.41) is 1.59. The Hall–Kier alpha value is -2.67. The number of nitrogens with zero attached hydrogens (tertiary/aromatic N) is 4. The van der Waals surface area contributed by atoms with Crippen LogP contribution in [-0.4, -0.2) is 76.8 Å². The van der Waals surface area contributed by atoms with E-state index in [0.717, 1.165) is 57.4 Å². The average Bonchev–Trinajstić information content (AvgIpc) is 2.97. The minimum Gasteiger partial charge on any atom is -0.343 e. The normalized spacial score (nSPS) is 18.9. The molecule has 0 saturated carbocycles. The maximum Gasteiger partial charge on any atom is 0.254 e. The topological polar surface area (TPSA) is 56.8 Å². The molecule has 1 aromatic heterocycles. The van der Waals surface area contributed by atoms with Crippen LogP contribution in [0.3, 0.4) is 0 Å². The van der Waals surface area contributed by atoms with E-state index in [9.17, 15) is 9.59 Å². The van der Waals surface area contributed by atoms with Crippen molar-refractivity contribution < 1.29 is 9.59 Å². The number of aromatic nitrogens is 1. The molecule has 39 heavy (non-hydrogen) atoms. The van der Waals surface area contributed by atoms with Crippen molar-refractivity contribution in [3.8, 4) is 11.3 Å². The van der Waals surface area contributed by atoms with Gasteiger partial charge in [0.05, 0.1) is 27.7 Å². The number of rotatable bonds is 6. The van der Waals surface area contributed by atoms with Crippen LogP contribution in [0.5, 0.6) is 0 Å². The minimum absolute atomic E-state index is 0.0235. The lowest BCUT2D eigenvalue weighted by Crippen LogP contribution is -2.52. The molecule has 1 atom stereocenters. The molecule has 0 aliphatic carbocycles. The van der Waals surface area contributed by atoms with E-state index in [1.165, 1.54) is 0 Å². The molecule has 2 aromatic carbocycles. The van der Waals surface area contributed by atoms with Gasteiger partial charge in [-0.3, -0.25) is 14.5 Å². The fourth-order valence-electron chi connectivity index (χ4n) is 6.12. The van der Waals surface area contributed by atoms with Crippen molar-refractivity contribution in [2.24, 2.45) is 5.92 Å². The molecule has 0 bridgehead atoms. The lowest BCUT2D eigenvalue weighted by Gasteiger charge is -2.42. The van der Waals surface area contributed by atoms with Gasteiger partial charge in [-0.05, 0) is 64.3 Å². The van der Waals surface area contributed by atoms with Crippen LogP contribution in [0.1, 0.15) is 49.9 Å². The van der Waals surface area contributed by atoms with Crippen LogP contribution < -0.4 is 0 Å². The maximum atomic E-state index is 13.9. The van der Waals surface area contributed by atoms with E-state index in [2.05, 4.69) is 4.90 Å². The highest BCUT2D eigenvalue weighted by Crippen LogP contribution is 2.33. The fraction of sp³-hybridized carbons (Fsp3) is 0.452. The molecule has 2 amide bonds. The van der Waals surface area contributed by atoms with E-state index in [0.29, 0.717) is 51.3 Å². The highest BCUT2D eigenvalue weighted by Gasteiger charge is 2.34. The van der Waals surface area contributed by atoms with E-state index in [-0.39, 0.29) is 17.7 Å². The second-order valence-corrected chi connectivity index (χ2v) is 11.4. The van der Waals surface area contributed by atoms with Gasteiger partial charge in [-0.1, -0.05) is 53.5 Å². The molecule has 0 radical (unpaired) electrons. The number of fused-ring (bicyclic) bond motifs is 1. The fourth-order valence-corrected chi connectivity index (χ4v) is 6.66. The first-order chi connectivity index (χ1) is 18.9. The van der Waals surface area contributed by atoms with E-state index in [4.69, 9.17) is 28.2 Å². The molecule has 0 N–H and O–H groups in total. The van der Waals surface area contributed by atoms with Crippen molar-refractivity contribution in [2.75, 3.05) is 39.3 Å². The lowest BCUT2D eigenvalue weighted by atomic mass is 9.92. The predicted octanol–water partition coefficient (Wildman–Crippen LogP) is 6.39. The molecular formula is C31H36Cl2N4O2. The van der Waals surface area contributed by atoms with Crippen molar-refractivity contribution in [1.82, 2.24) is 19.7 Å². The lowest BCUT2D eigenvalue weighted by molar-refractivity contribution is -0.137. The molecule has 8 heteroatoms. The number of carbonyl (C=O) groups is 2. The first kappa shape index (κ1) is 27.9. The Kier molecular flexibility index (Phi) is 8.75. The molecule has 5 rings (SSSR count). The average molecular weight is 568 g/mol. The van der Waals surface area contributed by atoms with Gasteiger partial charge in [0, 0.05) is 54.7 Å². The molecule has 2 fully saturated rings. The van der Waals surface area contributed by atoms with Gasteiger partial charge >= 0.3 is 0 Å². The van der Waals surface area contributed by atoms with Gasteiger partial charge in [0.15, 0.2) is 0 Å². The largest absolute Gasteiger partial charge is 0.343 e. The van der Waals surface area contributed by atoms with Crippen LogP contribution in [0.25, 0.3) is 22.2 Å². The summed E-state index contributed by atoms with van der Waals surface area (Å²) < 4.78 is 0. The van der Waals surface area contributed by atoms with Crippen molar-refractivity contribution in [3.63, 3.8) is 0 Å². The summed E-state index contributed by atoms with van der Waals surface area (Å²) in [6.45, 7) is 8.81. The number of hydrogen-bond acceptors (Lipinski definition) is 4. The number of benzene rings is 2. The van der Waals surface area contributed by atoms with Crippen molar-refractivity contribution in [2.45, 2.75) is 45.6 Å². The summed E-state index contributed by atoms with van der Waals surface area (Å²) >= 11 is 12.9. The molecule has 0 spiro atoms. The first-order valence-electron chi connectivity index (χ1n) is 14.1. The Morgan fingerprint density at radius 2 is 1.69 bits per heavy atom. The Morgan fingerprint density at radius 3 is 2.38 bits per heavy atom. The summed E-state index contributed by atoms with van der Waals surface area (Å²) in [5.41, 5.74) is 2.79. The molecule has 6 nitrogen and oxygen atoms in total. The van der Waals surface area contributed by atoms with E-state index in [1.54, 1.807) is 12.1 Å². The summed E-state index contributed by atoms with van der Waals surface area (Å²) in [7, 11) is 0. The van der Waals surface area contributed by atoms with Crippen molar-refractivity contribution in [1.29, 1.82) is 0 Å². The first-order valence-corrected chi connectivity index (χ1v) is 14.8. The van der Waals surface area contributed by atoms with E-state index < -0.39 is 0 Å². The zero-order valence-electron chi connectivity index (χ0n) is 22.7. The third-order valence-electron chi connectivity index (χ3n) is 8.28. The van der Waals surface area contributed by atoms with Crippen LogP contribution in [0, 0.1) is 5.92 Å². The van der Waals surface area contributed by atoms with Crippen LogP contribution >= 0.6 is 23.2 Å². The monoisotopic (exact) mass is 566 g/mol. The van der Waals surface area contributed by atoms with E-state index >= 15 is 0 Å². The summed E-state index contributed by atoms with van der Waals surface area (Å²) in [6, 6.07) is 15.5. The number of pyridine rings is 1. The van der Waals surface area contributed by atoms with Crippen LogP contribution in [0.4, 0.5) is 0 Å². The molecule has 2 aliphatic heterocycles. The van der Waals surface area contributed by atoms with Gasteiger partial charge in [0.25, 0.3) is 5.91 Å². The van der Waals surface area contributed by atoms with Crippen LogP contribution in [-0.2, 0) is 4.79 Å². The molecule has 1 unspecified atom stereocenters. The molecule has 3 heterocycles. The molecule has 2 saturated heterocycles. The number of likely N-dealkylation sites (tertiary alicyclic amines) is 2. The van der Waals surface area contributed by atoms with Gasteiger partial charge in [-0.2, -0.15) is 0 Å². The summed E-state index contributed by atoms with van der Waals surface area (Å²) in [6.07, 6.45) is 3.80. The standard InChI is InChI=1S/C31H36Cl2N4O2/c1-3-35(4-2)30(38)22-11-8-14-37(20-22)24-12-15-36(16-13-24)31(39)26-19-28(21-9-6-5-7-10-21)34-29-25(26)17-23(32)18-27(29)33/h5-7,9-10,17-19,22,24H,3-4,8,11-16,20H2,1-2H3.